The van der Waals surface area contributed by atoms with Gasteiger partial charge in [0.1, 0.15) is 11.9 Å². The van der Waals surface area contributed by atoms with Crippen molar-refractivity contribution in [2.75, 3.05) is 0 Å². The molecule has 0 heterocycles. The molecule has 0 N–H and O–H groups in total. The number of carbonyl (C=O) groups excluding carboxylic acids is 1. The summed E-state index contributed by atoms with van der Waals surface area (Å²) in [4.78, 5) is 12.5. The molecule has 2 aromatic carbocycles. The zero-order valence-electron chi connectivity index (χ0n) is 23.1. The van der Waals surface area contributed by atoms with Crippen LogP contribution in [-0.4, -0.2) is 24.3 Å². The van der Waals surface area contributed by atoms with Crippen LogP contribution >= 0.6 is 0 Å². The molecule has 0 aliphatic heterocycles. The highest BCUT2D eigenvalue weighted by molar-refractivity contribution is 5.89. The summed E-state index contributed by atoms with van der Waals surface area (Å²) in [6.45, 7) is 2.05. The van der Waals surface area contributed by atoms with Crippen LogP contribution in [0, 0.1) is 29.3 Å². The van der Waals surface area contributed by atoms with Gasteiger partial charge in [0.15, 0.2) is 11.6 Å². The number of halogens is 5. The highest BCUT2D eigenvalue weighted by atomic mass is 19.3. The summed E-state index contributed by atoms with van der Waals surface area (Å²) < 4.78 is 81.8. The van der Waals surface area contributed by atoms with Gasteiger partial charge in [-0.1, -0.05) is 25.5 Å². The normalized spacial score (nSPS) is 23.6. The number of unbranched alkanes of at least 4 members (excludes halogenated alkanes) is 1. The first-order chi connectivity index (χ1) is 19.1. The van der Waals surface area contributed by atoms with E-state index in [1.807, 2.05) is 0 Å². The quantitative estimate of drug-likeness (QED) is 0.201. The van der Waals surface area contributed by atoms with Crippen LogP contribution < -0.4 is 0 Å². The summed E-state index contributed by atoms with van der Waals surface area (Å²) in [5.74, 6) is -3.72. The van der Waals surface area contributed by atoms with E-state index < -0.39 is 47.7 Å². The fourth-order valence-corrected chi connectivity index (χ4v) is 5.91. The molecule has 2 aliphatic rings. The molecule has 40 heavy (non-hydrogen) atoms. The summed E-state index contributed by atoms with van der Waals surface area (Å²) in [5.41, 5.74) is 1.43. The van der Waals surface area contributed by atoms with Crippen LogP contribution in [0.1, 0.15) is 99.0 Å². The van der Waals surface area contributed by atoms with Crippen LogP contribution in [-0.2, 0) is 22.3 Å². The molecule has 0 bridgehead atoms. The first kappa shape index (κ1) is 30.5. The van der Waals surface area contributed by atoms with Crippen LogP contribution in [0.5, 0.6) is 0 Å². The second kappa shape index (κ2) is 13.9. The smallest absolute Gasteiger partial charge is 0.358 e. The Morgan fingerprint density at radius 1 is 0.800 bits per heavy atom. The van der Waals surface area contributed by atoms with E-state index in [9.17, 15) is 18.0 Å². The van der Waals surface area contributed by atoms with Crippen LogP contribution in [0.3, 0.4) is 0 Å². The molecule has 0 spiro atoms. The van der Waals surface area contributed by atoms with Crippen LogP contribution in [0.25, 0.3) is 0 Å². The number of hydrogen-bond acceptors (Lipinski definition) is 3. The van der Waals surface area contributed by atoms with Crippen molar-refractivity contribution in [3.63, 3.8) is 0 Å². The minimum absolute atomic E-state index is 0.128. The molecule has 2 fully saturated rings. The van der Waals surface area contributed by atoms with Crippen LogP contribution in [0.4, 0.5) is 22.0 Å². The van der Waals surface area contributed by atoms with Crippen LogP contribution in [0.15, 0.2) is 36.4 Å². The standard InChI is InChI=1S/C32H39F5O3/c1-2-3-4-22-9-17-27(29(34)19-22)31(38)39-25-15-11-24(12-16-25)32(36,37)40-26-13-7-21(8-14-26)5-6-23-10-18-28(33)30(35)20-23/h9-10,17-21,24-26H,2-8,11-16H2,1H3. The molecule has 0 aromatic heterocycles. The van der Waals surface area contributed by atoms with E-state index in [1.165, 1.54) is 18.2 Å². The van der Waals surface area contributed by atoms with Gasteiger partial charge in [0.25, 0.3) is 0 Å². The average molecular weight is 567 g/mol. The molecule has 2 aromatic rings. The van der Waals surface area contributed by atoms with Gasteiger partial charge in [-0.2, -0.15) is 8.78 Å². The first-order valence-electron chi connectivity index (χ1n) is 14.6. The zero-order valence-corrected chi connectivity index (χ0v) is 23.1. The third-order valence-electron chi connectivity index (χ3n) is 8.44. The molecular weight excluding hydrogens is 527 g/mol. The lowest BCUT2D eigenvalue weighted by atomic mass is 9.83. The van der Waals surface area contributed by atoms with Crippen molar-refractivity contribution in [1.82, 2.24) is 0 Å². The molecule has 2 aliphatic carbocycles. The van der Waals surface area contributed by atoms with Gasteiger partial charge >= 0.3 is 12.1 Å². The van der Waals surface area contributed by atoms with Crippen molar-refractivity contribution in [3.05, 3.63) is 70.5 Å². The van der Waals surface area contributed by atoms with Gasteiger partial charge in [0, 0.05) is 0 Å². The average Bonchev–Trinajstić information content (AvgIpc) is 2.93. The van der Waals surface area contributed by atoms with Crippen molar-refractivity contribution in [2.45, 2.75) is 109 Å². The fourth-order valence-electron chi connectivity index (χ4n) is 5.91. The summed E-state index contributed by atoms with van der Waals surface area (Å²) >= 11 is 0. The van der Waals surface area contributed by atoms with Crippen molar-refractivity contribution in [1.29, 1.82) is 0 Å². The molecular formula is C32H39F5O3. The van der Waals surface area contributed by atoms with E-state index in [0.717, 1.165) is 55.7 Å². The molecule has 4 rings (SSSR count). The number of rotatable bonds is 11. The van der Waals surface area contributed by atoms with Crippen molar-refractivity contribution in [2.24, 2.45) is 11.8 Å². The number of alkyl halides is 2. The van der Waals surface area contributed by atoms with Gasteiger partial charge in [-0.25, -0.2) is 18.0 Å². The highest BCUT2D eigenvalue weighted by Gasteiger charge is 2.45. The molecule has 220 valence electrons. The van der Waals surface area contributed by atoms with Crippen molar-refractivity contribution < 1.29 is 36.2 Å². The Hall–Kier alpha value is -2.48. The Balaban J connectivity index is 1.18. The minimum Gasteiger partial charge on any atom is -0.459 e. The summed E-state index contributed by atoms with van der Waals surface area (Å²) in [5, 5.41) is 0. The molecule has 0 saturated heterocycles. The number of aryl methyl sites for hydroxylation is 2. The van der Waals surface area contributed by atoms with Gasteiger partial charge in [0.2, 0.25) is 0 Å². The molecule has 8 heteroatoms. The van der Waals surface area contributed by atoms with E-state index >= 15 is 8.78 Å². The van der Waals surface area contributed by atoms with E-state index in [4.69, 9.17) is 9.47 Å². The summed E-state index contributed by atoms with van der Waals surface area (Å²) in [7, 11) is 0. The second-order valence-electron chi connectivity index (χ2n) is 11.4. The van der Waals surface area contributed by atoms with E-state index in [2.05, 4.69) is 6.92 Å². The predicted molar refractivity (Wildman–Crippen MR) is 143 cm³/mol. The van der Waals surface area contributed by atoms with Gasteiger partial charge in [-0.15, -0.1) is 0 Å². The monoisotopic (exact) mass is 566 g/mol. The molecule has 0 radical (unpaired) electrons. The van der Waals surface area contributed by atoms with Crippen molar-refractivity contribution >= 4 is 5.97 Å². The van der Waals surface area contributed by atoms with Crippen molar-refractivity contribution in [3.8, 4) is 0 Å². The zero-order chi connectivity index (χ0) is 28.7. The lowest BCUT2D eigenvalue weighted by Gasteiger charge is -2.36. The SMILES string of the molecule is CCCCc1ccc(C(=O)OC2CCC(C(F)(F)OC3CCC(CCc4ccc(F)c(F)c4)CC3)CC2)c(F)c1. The maximum atomic E-state index is 15.0. The van der Waals surface area contributed by atoms with E-state index in [1.54, 1.807) is 12.1 Å². The number of esters is 1. The predicted octanol–water partition coefficient (Wildman–Crippen LogP) is 8.96. The first-order valence-corrected chi connectivity index (χ1v) is 14.6. The number of carbonyl (C=O) groups is 1. The summed E-state index contributed by atoms with van der Waals surface area (Å²) in [6.07, 6.45) is 3.23. The lowest BCUT2D eigenvalue weighted by Crippen LogP contribution is -2.40. The maximum absolute atomic E-state index is 15.0. The Kier molecular flexibility index (Phi) is 10.6. The molecule has 2 saturated carbocycles. The Morgan fingerprint density at radius 2 is 1.43 bits per heavy atom. The largest absolute Gasteiger partial charge is 0.459 e. The lowest BCUT2D eigenvalue weighted by molar-refractivity contribution is -0.302. The van der Waals surface area contributed by atoms with Crippen LogP contribution in [0.2, 0.25) is 0 Å². The third kappa shape index (κ3) is 8.27. The third-order valence-corrected chi connectivity index (χ3v) is 8.44. The van der Waals surface area contributed by atoms with E-state index in [0.29, 0.717) is 25.2 Å². The Labute approximate surface area is 233 Å². The highest BCUT2D eigenvalue weighted by Crippen LogP contribution is 2.41. The van der Waals surface area contributed by atoms with Gasteiger partial charge in [-0.05, 0) is 118 Å². The molecule has 0 unspecified atom stereocenters. The van der Waals surface area contributed by atoms with Gasteiger partial charge < -0.3 is 9.47 Å². The molecule has 0 amide bonds. The number of benzene rings is 2. The minimum atomic E-state index is -3.27. The summed E-state index contributed by atoms with van der Waals surface area (Å²) in [6, 6.07) is 8.44. The fraction of sp³-hybridized carbons (Fsp3) is 0.594. The van der Waals surface area contributed by atoms with Gasteiger partial charge in [0.05, 0.1) is 17.6 Å². The van der Waals surface area contributed by atoms with E-state index in [-0.39, 0.29) is 31.2 Å². The maximum Gasteiger partial charge on any atom is 0.358 e. The molecule has 0 atom stereocenters. The number of ether oxygens (including phenoxy) is 2. The molecule has 3 nitrogen and oxygen atoms in total. The Bertz CT molecular complexity index is 1120. The second-order valence-corrected chi connectivity index (χ2v) is 11.4. The number of hydrogen-bond donors (Lipinski definition) is 0. The van der Waals surface area contributed by atoms with Gasteiger partial charge in [-0.3, -0.25) is 0 Å². The topological polar surface area (TPSA) is 35.5 Å². The Morgan fingerprint density at radius 3 is 2.08 bits per heavy atom.